The fourth-order valence-corrected chi connectivity index (χ4v) is 4.84. The third-order valence-electron chi connectivity index (χ3n) is 4.71. The van der Waals surface area contributed by atoms with E-state index in [9.17, 15) is 21.6 Å². The molecule has 152 valence electrons. The van der Waals surface area contributed by atoms with Gasteiger partial charge in [0.2, 0.25) is 20.0 Å². The highest BCUT2D eigenvalue weighted by atomic mass is 32.2. The Morgan fingerprint density at radius 3 is 2.11 bits per heavy atom. The molecule has 9 nitrogen and oxygen atoms in total. The quantitative estimate of drug-likeness (QED) is 0.626. The number of piperidine rings is 1. The van der Waals surface area contributed by atoms with Crippen molar-refractivity contribution >= 4 is 26.0 Å². The molecule has 11 heteroatoms. The molecule has 0 aromatic heterocycles. The molecule has 1 aromatic rings. The van der Waals surface area contributed by atoms with Crippen LogP contribution in [0.3, 0.4) is 0 Å². The van der Waals surface area contributed by atoms with Crippen LogP contribution in [0.1, 0.15) is 23.2 Å². The number of ether oxygens (including phenoxy) is 2. The van der Waals surface area contributed by atoms with Gasteiger partial charge in [0.05, 0.1) is 29.4 Å². The van der Waals surface area contributed by atoms with Crippen molar-refractivity contribution in [1.82, 2.24) is 9.03 Å². The SMILES string of the molecule is COC(=O)c1ccc(S(=O)(=O)NCC2(OC)CCN(S(C)(=O)=O)CC2)cc1. The molecule has 27 heavy (non-hydrogen) atoms. The summed E-state index contributed by atoms with van der Waals surface area (Å²) in [6.07, 6.45) is 1.90. The minimum Gasteiger partial charge on any atom is -0.465 e. The molecular formula is C16H24N2O7S2. The smallest absolute Gasteiger partial charge is 0.337 e. The largest absolute Gasteiger partial charge is 0.465 e. The summed E-state index contributed by atoms with van der Waals surface area (Å²) < 4.78 is 62.3. The molecule has 1 aliphatic heterocycles. The summed E-state index contributed by atoms with van der Waals surface area (Å²) in [5.74, 6) is -0.553. The normalized spacial score (nSPS) is 18.2. The van der Waals surface area contributed by atoms with Crippen molar-refractivity contribution in [2.45, 2.75) is 23.3 Å². The molecule has 1 heterocycles. The molecule has 0 spiro atoms. The van der Waals surface area contributed by atoms with Gasteiger partial charge in [-0.15, -0.1) is 0 Å². The first-order valence-corrected chi connectivity index (χ1v) is 11.5. The predicted octanol–water partition coefficient (Wildman–Crippen LogP) is 0.192. The first kappa shape index (κ1) is 21.8. The van der Waals surface area contributed by atoms with Gasteiger partial charge in [0.1, 0.15) is 0 Å². The van der Waals surface area contributed by atoms with Crippen molar-refractivity contribution in [3.05, 3.63) is 29.8 Å². The molecule has 1 aromatic carbocycles. The zero-order valence-electron chi connectivity index (χ0n) is 15.5. The predicted molar refractivity (Wildman–Crippen MR) is 98.4 cm³/mol. The van der Waals surface area contributed by atoms with Crippen molar-refractivity contribution in [2.75, 3.05) is 40.1 Å². The van der Waals surface area contributed by atoms with Gasteiger partial charge in [-0.05, 0) is 37.1 Å². The summed E-state index contributed by atoms with van der Waals surface area (Å²) in [7, 11) is -4.37. The Kier molecular flexibility index (Phi) is 6.63. The van der Waals surface area contributed by atoms with Crippen molar-refractivity contribution in [3.8, 4) is 0 Å². The Hall–Kier alpha value is -1.53. The fourth-order valence-electron chi connectivity index (χ4n) is 2.88. The number of methoxy groups -OCH3 is 2. The molecule has 0 unspecified atom stereocenters. The van der Waals surface area contributed by atoms with Crippen molar-refractivity contribution in [3.63, 3.8) is 0 Å². The maximum absolute atomic E-state index is 12.5. The molecule has 0 saturated carbocycles. The van der Waals surface area contributed by atoms with E-state index >= 15 is 0 Å². The third kappa shape index (κ3) is 5.26. The third-order valence-corrected chi connectivity index (χ3v) is 7.43. The number of esters is 1. The lowest BCUT2D eigenvalue weighted by Crippen LogP contribution is -2.52. The van der Waals surface area contributed by atoms with Gasteiger partial charge in [0.15, 0.2) is 0 Å². The minimum atomic E-state index is -3.81. The molecule has 0 atom stereocenters. The number of carbonyl (C=O) groups excluding carboxylic acids is 1. The Bertz CT molecular complexity index is 872. The zero-order chi connectivity index (χ0) is 20.3. The Balaban J connectivity index is 2.06. The molecule has 0 bridgehead atoms. The van der Waals surface area contributed by atoms with E-state index < -0.39 is 31.6 Å². The van der Waals surface area contributed by atoms with Gasteiger partial charge in [-0.3, -0.25) is 0 Å². The Labute approximate surface area is 159 Å². The van der Waals surface area contributed by atoms with Crippen LogP contribution in [0.4, 0.5) is 0 Å². The summed E-state index contributed by atoms with van der Waals surface area (Å²) >= 11 is 0. The van der Waals surface area contributed by atoms with Gasteiger partial charge in [0, 0.05) is 26.7 Å². The molecule has 0 aliphatic carbocycles. The van der Waals surface area contributed by atoms with Crippen LogP contribution >= 0.6 is 0 Å². The Morgan fingerprint density at radius 1 is 1.11 bits per heavy atom. The Morgan fingerprint density at radius 2 is 1.67 bits per heavy atom. The topological polar surface area (TPSA) is 119 Å². The highest BCUT2D eigenvalue weighted by molar-refractivity contribution is 7.89. The summed E-state index contributed by atoms with van der Waals surface area (Å²) in [6, 6.07) is 5.38. The average Bonchev–Trinajstić information content (AvgIpc) is 2.65. The molecule has 1 fully saturated rings. The van der Waals surface area contributed by atoms with E-state index in [1.54, 1.807) is 0 Å². The van der Waals surface area contributed by atoms with Crippen LogP contribution in [0.2, 0.25) is 0 Å². The first-order valence-electron chi connectivity index (χ1n) is 8.21. The maximum Gasteiger partial charge on any atom is 0.337 e. The number of rotatable bonds is 7. The summed E-state index contributed by atoms with van der Waals surface area (Å²) in [5, 5.41) is 0. The van der Waals surface area contributed by atoms with Crippen LogP contribution in [-0.2, 0) is 29.5 Å². The van der Waals surface area contributed by atoms with Crippen molar-refractivity contribution in [2.24, 2.45) is 0 Å². The summed E-state index contributed by atoms with van der Waals surface area (Å²) in [6.45, 7) is 0.548. The average molecular weight is 421 g/mol. The fraction of sp³-hybridized carbons (Fsp3) is 0.562. The lowest BCUT2D eigenvalue weighted by Gasteiger charge is -2.39. The summed E-state index contributed by atoms with van der Waals surface area (Å²) in [5.41, 5.74) is -0.529. The van der Waals surface area contributed by atoms with Gasteiger partial charge in [-0.25, -0.2) is 30.7 Å². The molecule has 0 radical (unpaired) electrons. The second-order valence-electron chi connectivity index (χ2n) is 6.39. The van der Waals surface area contributed by atoms with Gasteiger partial charge >= 0.3 is 5.97 Å². The van der Waals surface area contributed by atoms with Gasteiger partial charge < -0.3 is 9.47 Å². The first-order chi connectivity index (χ1) is 12.5. The number of nitrogens with one attached hydrogen (secondary N) is 1. The standard InChI is InChI=1S/C16H24N2O7S2/c1-24-15(19)13-4-6-14(7-5-13)27(22,23)17-12-16(25-2)8-10-18(11-9-16)26(3,20)21/h4-7,17H,8-12H2,1-3H3. The van der Waals surface area contributed by atoms with Crippen LogP contribution in [-0.4, -0.2) is 72.8 Å². The second kappa shape index (κ2) is 8.23. The zero-order valence-corrected chi connectivity index (χ0v) is 17.1. The maximum atomic E-state index is 12.5. The van der Waals surface area contributed by atoms with Crippen LogP contribution in [0.5, 0.6) is 0 Å². The van der Waals surface area contributed by atoms with E-state index in [0.29, 0.717) is 12.8 Å². The molecule has 1 saturated heterocycles. The van der Waals surface area contributed by atoms with Crippen molar-refractivity contribution in [1.29, 1.82) is 0 Å². The number of hydrogen-bond acceptors (Lipinski definition) is 7. The van der Waals surface area contributed by atoms with E-state index in [1.807, 2.05) is 0 Å². The summed E-state index contributed by atoms with van der Waals surface area (Å²) in [4.78, 5) is 11.4. The van der Waals surface area contributed by atoms with E-state index in [0.717, 1.165) is 6.26 Å². The lowest BCUT2D eigenvalue weighted by molar-refractivity contribution is -0.0401. The number of hydrogen-bond donors (Lipinski definition) is 1. The molecule has 0 amide bonds. The van der Waals surface area contributed by atoms with Crippen LogP contribution in [0.25, 0.3) is 0 Å². The van der Waals surface area contributed by atoms with Gasteiger partial charge in [-0.2, -0.15) is 0 Å². The molecule has 2 rings (SSSR count). The molecule has 1 N–H and O–H groups in total. The molecule has 1 aliphatic rings. The second-order valence-corrected chi connectivity index (χ2v) is 10.1. The van der Waals surface area contributed by atoms with Gasteiger partial charge in [0.25, 0.3) is 0 Å². The highest BCUT2D eigenvalue weighted by Crippen LogP contribution is 2.27. The van der Waals surface area contributed by atoms with E-state index in [1.165, 1.54) is 42.8 Å². The monoisotopic (exact) mass is 420 g/mol. The van der Waals surface area contributed by atoms with Crippen molar-refractivity contribution < 1.29 is 31.1 Å². The lowest BCUT2D eigenvalue weighted by atomic mass is 9.92. The van der Waals surface area contributed by atoms with Gasteiger partial charge in [-0.1, -0.05) is 0 Å². The van der Waals surface area contributed by atoms with E-state index in [-0.39, 0.29) is 30.1 Å². The van der Waals surface area contributed by atoms with Crippen LogP contribution in [0, 0.1) is 0 Å². The number of benzene rings is 1. The highest BCUT2D eigenvalue weighted by Gasteiger charge is 2.38. The number of nitrogens with zero attached hydrogens (tertiary/aromatic N) is 1. The van der Waals surface area contributed by atoms with E-state index in [4.69, 9.17) is 4.74 Å². The number of sulfonamides is 2. The van der Waals surface area contributed by atoms with E-state index in [2.05, 4.69) is 9.46 Å². The number of carbonyl (C=O) groups is 1. The minimum absolute atomic E-state index is 0.00924. The van der Waals surface area contributed by atoms with Crippen LogP contribution < -0.4 is 4.72 Å². The van der Waals surface area contributed by atoms with Crippen LogP contribution in [0.15, 0.2) is 29.2 Å². The molecular weight excluding hydrogens is 396 g/mol.